The molecule has 10 heavy (non-hydrogen) atoms. The highest BCUT2D eigenvalue weighted by atomic mass is 14.0. The Balaban J connectivity index is 2.38. The maximum absolute atomic E-state index is 2.37. The molecule has 1 aliphatic rings. The van der Waals surface area contributed by atoms with E-state index in [0.29, 0.717) is 0 Å². The van der Waals surface area contributed by atoms with Gasteiger partial charge in [-0.2, -0.15) is 0 Å². The van der Waals surface area contributed by atoms with Gasteiger partial charge in [0.15, 0.2) is 0 Å². The maximum atomic E-state index is 2.37. The van der Waals surface area contributed by atoms with E-state index in [2.05, 4.69) is 25.2 Å². The summed E-state index contributed by atoms with van der Waals surface area (Å²) in [6.45, 7) is 2.18. The van der Waals surface area contributed by atoms with Crippen molar-refractivity contribution in [3.63, 3.8) is 0 Å². The molecule has 0 unspecified atom stereocenters. The minimum absolute atomic E-state index is 1.16. The number of allylic oxidation sites excluding steroid dienone is 4. The standard InChI is InChI=1S/C10H16/c1-2-3-7-10-8-5-4-6-9-10/h3,7-8H,2,4-6,9H2,1H3/b7-3+. The Morgan fingerprint density at radius 2 is 2.40 bits per heavy atom. The molecule has 0 bridgehead atoms. The van der Waals surface area contributed by atoms with Crippen LogP contribution in [0.5, 0.6) is 0 Å². The first-order valence-corrected chi connectivity index (χ1v) is 4.29. The van der Waals surface area contributed by atoms with Crippen molar-refractivity contribution in [1.82, 2.24) is 0 Å². The van der Waals surface area contributed by atoms with Crippen LogP contribution in [0.1, 0.15) is 39.0 Å². The van der Waals surface area contributed by atoms with E-state index in [9.17, 15) is 0 Å². The summed E-state index contributed by atoms with van der Waals surface area (Å²) in [6, 6.07) is 0. The molecule has 0 amide bonds. The van der Waals surface area contributed by atoms with Crippen LogP contribution in [-0.4, -0.2) is 0 Å². The summed E-state index contributed by atoms with van der Waals surface area (Å²) >= 11 is 0. The molecule has 0 atom stereocenters. The lowest BCUT2D eigenvalue weighted by Gasteiger charge is -2.07. The summed E-state index contributed by atoms with van der Waals surface area (Å²) in [7, 11) is 0. The Morgan fingerprint density at radius 3 is 3.00 bits per heavy atom. The van der Waals surface area contributed by atoms with Gasteiger partial charge in [-0.15, -0.1) is 0 Å². The predicted octanol–water partition coefficient (Wildman–Crippen LogP) is 3.45. The second-order valence-electron chi connectivity index (χ2n) is 2.84. The molecule has 0 N–H and O–H groups in total. The average molecular weight is 136 g/mol. The van der Waals surface area contributed by atoms with Crippen molar-refractivity contribution in [3.05, 3.63) is 23.8 Å². The first kappa shape index (κ1) is 7.59. The van der Waals surface area contributed by atoms with E-state index in [1.165, 1.54) is 25.7 Å². The quantitative estimate of drug-likeness (QED) is 0.545. The lowest BCUT2D eigenvalue weighted by atomic mass is 9.99. The smallest absolute Gasteiger partial charge is 0.0282 e. The third kappa shape index (κ3) is 2.38. The minimum atomic E-state index is 1.16. The van der Waals surface area contributed by atoms with Crippen molar-refractivity contribution in [2.45, 2.75) is 39.0 Å². The van der Waals surface area contributed by atoms with E-state index >= 15 is 0 Å². The molecule has 0 heteroatoms. The molecule has 0 aromatic carbocycles. The second-order valence-corrected chi connectivity index (χ2v) is 2.84. The van der Waals surface area contributed by atoms with Crippen molar-refractivity contribution in [2.24, 2.45) is 0 Å². The largest absolute Gasteiger partial charge is 0.0845 e. The van der Waals surface area contributed by atoms with Gasteiger partial charge in [0, 0.05) is 0 Å². The molecule has 0 fully saturated rings. The molecule has 1 aliphatic carbocycles. The van der Waals surface area contributed by atoms with E-state index in [1.807, 2.05) is 0 Å². The summed E-state index contributed by atoms with van der Waals surface area (Å²) in [5.41, 5.74) is 1.55. The van der Waals surface area contributed by atoms with Gasteiger partial charge in [-0.25, -0.2) is 0 Å². The molecule has 0 nitrogen and oxygen atoms in total. The van der Waals surface area contributed by atoms with E-state index in [1.54, 1.807) is 5.57 Å². The fraction of sp³-hybridized carbons (Fsp3) is 0.600. The first-order chi connectivity index (χ1) is 4.93. The van der Waals surface area contributed by atoms with Gasteiger partial charge in [0.25, 0.3) is 0 Å². The lowest BCUT2D eigenvalue weighted by molar-refractivity contribution is 0.711. The molecule has 0 aromatic heterocycles. The SMILES string of the molecule is CC/C=C/C1=CCCCC1. The number of hydrogen-bond donors (Lipinski definition) is 0. The van der Waals surface area contributed by atoms with Crippen LogP contribution in [0.2, 0.25) is 0 Å². The first-order valence-electron chi connectivity index (χ1n) is 4.29. The predicted molar refractivity (Wildman–Crippen MR) is 46.0 cm³/mol. The normalized spacial score (nSPS) is 19.5. The van der Waals surface area contributed by atoms with Gasteiger partial charge in [-0.3, -0.25) is 0 Å². The van der Waals surface area contributed by atoms with Crippen molar-refractivity contribution in [2.75, 3.05) is 0 Å². The fourth-order valence-electron chi connectivity index (χ4n) is 1.28. The highest BCUT2D eigenvalue weighted by Gasteiger charge is 1.98. The molecule has 0 spiro atoms. The zero-order chi connectivity index (χ0) is 7.23. The van der Waals surface area contributed by atoms with Gasteiger partial charge >= 0.3 is 0 Å². The zero-order valence-corrected chi connectivity index (χ0v) is 6.77. The van der Waals surface area contributed by atoms with Crippen LogP contribution in [0.25, 0.3) is 0 Å². The van der Waals surface area contributed by atoms with Crippen LogP contribution in [0, 0.1) is 0 Å². The topological polar surface area (TPSA) is 0 Å². The molecular weight excluding hydrogens is 120 g/mol. The highest BCUT2D eigenvalue weighted by Crippen LogP contribution is 2.17. The van der Waals surface area contributed by atoms with Crippen molar-refractivity contribution in [1.29, 1.82) is 0 Å². The van der Waals surface area contributed by atoms with Gasteiger partial charge in [0.05, 0.1) is 0 Å². The molecule has 0 saturated heterocycles. The van der Waals surface area contributed by atoms with E-state index in [4.69, 9.17) is 0 Å². The van der Waals surface area contributed by atoms with Crippen LogP contribution in [-0.2, 0) is 0 Å². The fourth-order valence-corrected chi connectivity index (χ4v) is 1.28. The summed E-state index contributed by atoms with van der Waals surface area (Å²) < 4.78 is 0. The molecule has 0 heterocycles. The van der Waals surface area contributed by atoms with E-state index in [-0.39, 0.29) is 0 Å². The van der Waals surface area contributed by atoms with E-state index < -0.39 is 0 Å². The Bertz CT molecular complexity index is 140. The third-order valence-corrected chi connectivity index (χ3v) is 1.89. The average Bonchev–Trinajstić information content (AvgIpc) is 2.03. The van der Waals surface area contributed by atoms with Gasteiger partial charge in [0.2, 0.25) is 0 Å². The van der Waals surface area contributed by atoms with Gasteiger partial charge < -0.3 is 0 Å². The summed E-state index contributed by atoms with van der Waals surface area (Å²) in [4.78, 5) is 0. The maximum Gasteiger partial charge on any atom is -0.0282 e. The molecule has 1 rings (SSSR count). The number of hydrogen-bond acceptors (Lipinski definition) is 0. The summed E-state index contributed by atoms with van der Waals surface area (Å²) in [5.74, 6) is 0. The molecular formula is C10H16. The Hall–Kier alpha value is -0.520. The van der Waals surface area contributed by atoms with Crippen LogP contribution < -0.4 is 0 Å². The van der Waals surface area contributed by atoms with Crippen molar-refractivity contribution < 1.29 is 0 Å². The molecule has 0 aromatic rings. The Labute approximate surface area is 63.6 Å². The monoisotopic (exact) mass is 136 g/mol. The van der Waals surface area contributed by atoms with Crippen LogP contribution in [0.3, 0.4) is 0 Å². The summed E-state index contributed by atoms with van der Waals surface area (Å²) in [5, 5.41) is 0. The van der Waals surface area contributed by atoms with Crippen LogP contribution in [0.15, 0.2) is 23.8 Å². The lowest BCUT2D eigenvalue weighted by Crippen LogP contribution is -1.87. The number of rotatable bonds is 2. The Morgan fingerprint density at radius 1 is 1.50 bits per heavy atom. The molecule has 0 aliphatic heterocycles. The van der Waals surface area contributed by atoms with Gasteiger partial charge in [-0.05, 0) is 32.1 Å². The minimum Gasteiger partial charge on any atom is -0.0845 e. The van der Waals surface area contributed by atoms with Crippen molar-refractivity contribution >= 4 is 0 Å². The van der Waals surface area contributed by atoms with Crippen molar-refractivity contribution in [3.8, 4) is 0 Å². The van der Waals surface area contributed by atoms with Crippen LogP contribution >= 0.6 is 0 Å². The van der Waals surface area contributed by atoms with E-state index in [0.717, 1.165) is 6.42 Å². The highest BCUT2D eigenvalue weighted by molar-refractivity contribution is 5.19. The Kier molecular flexibility index (Phi) is 3.28. The summed E-state index contributed by atoms with van der Waals surface area (Å²) in [6.07, 6.45) is 13.4. The molecule has 0 radical (unpaired) electrons. The second kappa shape index (κ2) is 4.32. The van der Waals surface area contributed by atoms with Gasteiger partial charge in [-0.1, -0.05) is 30.7 Å². The molecule has 0 saturated carbocycles. The van der Waals surface area contributed by atoms with Crippen LogP contribution in [0.4, 0.5) is 0 Å². The zero-order valence-electron chi connectivity index (χ0n) is 6.77. The third-order valence-electron chi connectivity index (χ3n) is 1.89. The van der Waals surface area contributed by atoms with Gasteiger partial charge in [0.1, 0.15) is 0 Å². The molecule has 56 valence electrons.